The number of nitrogens with zero attached hydrogens (tertiary/aromatic N) is 6. The molecule has 0 aromatic carbocycles. The van der Waals surface area contributed by atoms with Crippen LogP contribution in [0, 0.1) is 0 Å². The molecule has 1 N–H and O–H groups in total. The first-order valence-electron chi connectivity index (χ1n) is 6.68. The van der Waals surface area contributed by atoms with Gasteiger partial charge in [-0.2, -0.15) is 5.10 Å². The van der Waals surface area contributed by atoms with E-state index in [-0.39, 0.29) is 0 Å². The monoisotopic (exact) mass is 263 g/mol. The molecule has 2 heterocycles. The van der Waals surface area contributed by atoms with Crippen molar-refractivity contribution in [1.82, 2.24) is 35.1 Å². The van der Waals surface area contributed by atoms with Crippen LogP contribution in [-0.4, -0.2) is 36.3 Å². The van der Waals surface area contributed by atoms with Crippen LogP contribution in [0.2, 0.25) is 0 Å². The Morgan fingerprint density at radius 2 is 2.21 bits per heavy atom. The van der Waals surface area contributed by atoms with Crippen molar-refractivity contribution < 1.29 is 0 Å². The third-order valence-electron chi connectivity index (χ3n) is 2.76. The molecule has 0 bridgehead atoms. The summed E-state index contributed by atoms with van der Waals surface area (Å²) < 4.78 is 3.70. The van der Waals surface area contributed by atoms with Gasteiger partial charge in [0.2, 0.25) is 0 Å². The molecular formula is C12H21N7. The summed E-state index contributed by atoms with van der Waals surface area (Å²) in [6.07, 6.45) is 4.64. The van der Waals surface area contributed by atoms with E-state index >= 15 is 0 Å². The van der Waals surface area contributed by atoms with E-state index in [1.165, 1.54) is 0 Å². The standard InChI is InChI=1S/C12H21N7/c1-4-5-13-6-11-7-18(17-16-11)8-12-14-9-15-19(12)10(2)3/h7,9-10,13H,4-6,8H2,1-3H3. The largest absolute Gasteiger partial charge is 0.311 e. The molecule has 0 aliphatic rings. The average Bonchev–Trinajstić information content (AvgIpc) is 2.99. The van der Waals surface area contributed by atoms with Crippen LogP contribution in [0.5, 0.6) is 0 Å². The minimum Gasteiger partial charge on any atom is -0.311 e. The van der Waals surface area contributed by atoms with Gasteiger partial charge in [-0.15, -0.1) is 5.10 Å². The molecule has 0 saturated carbocycles. The molecule has 0 aliphatic carbocycles. The first-order chi connectivity index (χ1) is 9.20. The molecule has 0 aliphatic heterocycles. The van der Waals surface area contributed by atoms with Crippen LogP contribution < -0.4 is 5.32 Å². The van der Waals surface area contributed by atoms with Gasteiger partial charge in [0.15, 0.2) is 0 Å². The fourth-order valence-electron chi connectivity index (χ4n) is 1.85. The number of hydrogen-bond donors (Lipinski definition) is 1. The highest BCUT2D eigenvalue weighted by Crippen LogP contribution is 2.06. The van der Waals surface area contributed by atoms with Gasteiger partial charge in [-0.25, -0.2) is 14.3 Å². The zero-order valence-electron chi connectivity index (χ0n) is 11.7. The maximum atomic E-state index is 4.27. The molecular weight excluding hydrogens is 242 g/mol. The minimum atomic E-state index is 0.298. The lowest BCUT2D eigenvalue weighted by Gasteiger charge is -2.08. The fourth-order valence-corrected chi connectivity index (χ4v) is 1.85. The molecule has 0 radical (unpaired) electrons. The summed E-state index contributed by atoms with van der Waals surface area (Å²) in [5.41, 5.74) is 0.948. The second-order valence-electron chi connectivity index (χ2n) is 4.80. The molecule has 2 rings (SSSR count). The van der Waals surface area contributed by atoms with E-state index in [4.69, 9.17) is 0 Å². The van der Waals surface area contributed by atoms with Crippen molar-refractivity contribution in [2.45, 2.75) is 46.3 Å². The van der Waals surface area contributed by atoms with Crippen LogP contribution in [0.15, 0.2) is 12.5 Å². The zero-order chi connectivity index (χ0) is 13.7. The van der Waals surface area contributed by atoms with Crippen molar-refractivity contribution in [3.8, 4) is 0 Å². The van der Waals surface area contributed by atoms with E-state index in [1.54, 1.807) is 11.0 Å². The molecule has 0 amide bonds. The van der Waals surface area contributed by atoms with Crippen LogP contribution in [0.25, 0.3) is 0 Å². The van der Waals surface area contributed by atoms with Gasteiger partial charge in [0.25, 0.3) is 0 Å². The van der Waals surface area contributed by atoms with Gasteiger partial charge in [-0.05, 0) is 26.8 Å². The van der Waals surface area contributed by atoms with Crippen LogP contribution in [0.4, 0.5) is 0 Å². The van der Waals surface area contributed by atoms with Gasteiger partial charge in [0.1, 0.15) is 18.7 Å². The summed E-state index contributed by atoms with van der Waals surface area (Å²) >= 11 is 0. The van der Waals surface area contributed by atoms with E-state index in [1.807, 2.05) is 10.9 Å². The molecule has 0 spiro atoms. The molecule has 19 heavy (non-hydrogen) atoms. The maximum Gasteiger partial charge on any atom is 0.148 e. The Balaban J connectivity index is 1.97. The van der Waals surface area contributed by atoms with Gasteiger partial charge in [0, 0.05) is 12.6 Å². The van der Waals surface area contributed by atoms with Gasteiger partial charge in [-0.1, -0.05) is 12.1 Å². The minimum absolute atomic E-state index is 0.298. The summed E-state index contributed by atoms with van der Waals surface area (Å²) in [5.74, 6) is 0.896. The second-order valence-corrected chi connectivity index (χ2v) is 4.80. The first kappa shape index (κ1) is 13.7. The number of hydrogen-bond acceptors (Lipinski definition) is 5. The summed E-state index contributed by atoms with van der Waals surface area (Å²) in [4.78, 5) is 4.27. The quantitative estimate of drug-likeness (QED) is 0.754. The van der Waals surface area contributed by atoms with Crippen LogP contribution in [0.3, 0.4) is 0 Å². The Morgan fingerprint density at radius 1 is 1.37 bits per heavy atom. The Kier molecular flexibility index (Phi) is 4.62. The van der Waals surface area contributed by atoms with Crippen molar-refractivity contribution in [2.75, 3.05) is 6.54 Å². The predicted molar refractivity (Wildman–Crippen MR) is 71.5 cm³/mol. The van der Waals surface area contributed by atoms with Crippen molar-refractivity contribution in [2.24, 2.45) is 0 Å². The Labute approximate surface area is 113 Å². The summed E-state index contributed by atoms with van der Waals surface area (Å²) in [6.45, 7) is 8.65. The zero-order valence-corrected chi connectivity index (χ0v) is 11.7. The smallest absolute Gasteiger partial charge is 0.148 e. The van der Waals surface area contributed by atoms with Gasteiger partial charge >= 0.3 is 0 Å². The SMILES string of the molecule is CCCNCc1cn(Cc2ncnn2C(C)C)nn1. The Morgan fingerprint density at radius 3 is 2.95 bits per heavy atom. The molecule has 0 unspecified atom stereocenters. The van der Waals surface area contributed by atoms with E-state index in [0.29, 0.717) is 12.6 Å². The van der Waals surface area contributed by atoms with Gasteiger partial charge < -0.3 is 5.32 Å². The summed E-state index contributed by atoms with van der Waals surface area (Å²) in [7, 11) is 0. The molecule has 0 saturated heterocycles. The van der Waals surface area contributed by atoms with E-state index in [9.17, 15) is 0 Å². The predicted octanol–water partition coefficient (Wildman–Crippen LogP) is 0.998. The number of aromatic nitrogens is 6. The summed E-state index contributed by atoms with van der Waals surface area (Å²) in [5, 5.41) is 15.8. The molecule has 104 valence electrons. The van der Waals surface area contributed by atoms with E-state index < -0.39 is 0 Å². The van der Waals surface area contributed by atoms with Crippen molar-refractivity contribution in [3.63, 3.8) is 0 Å². The Bertz CT molecular complexity index is 500. The third-order valence-corrected chi connectivity index (χ3v) is 2.76. The molecule has 0 fully saturated rings. The lowest BCUT2D eigenvalue weighted by atomic mass is 10.4. The normalized spacial score (nSPS) is 11.4. The number of nitrogens with one attached hydrogen (secondary N) is 1. The average molecular weight is 263 g/mol. The van der Waals surface area contributed by atoms with Crippen molar-refractivity contribution >= 4 is 0 Å². The highest BCUT2D eigenvalue weighted by atomic mass is 15.4. The molecule has 7 nitrogen and oxygen atoms in total. The topological polar surface area (TPSA) is 73.5 Å². The fraction of sp³-hybridized carbons (Fsp3) is 0.667. The van der Waals surface area contributed by atoms with E-state index in [2.05, 4.69) is 46.5 Å². The van der Waals surface area contributed by atoms with Gasteiger partial charge in [-0.3, -0.25) is 0 Å². The lowest BCUT2D eigenvalue weighted by molar-refractivity contribution is 0.485. The van der Waals surface area contributed by atoms with Crippen LogP contribution in [0.1, 0.15) is 44.8 Å². The summed E-state index contributed by atoms with van der Waals surface area (Å²) in [6, 6.07) is 0.298. The molecule has 2 aromatic heterocycles. The first-order valence-corrected chi connectivity index (χ1v) is 6.68. The van der Waals surface area contributed by atoms with Crippen molar-refractivity contribution in [3.05, 3.63) is 24.0 Å². The molecule has 2 aromatic rings. The van der Waals surface area contributed by atoms with Crippen LogP contribution in [-0.2, 0) is 13.1 Å². The second kappa shape index (κ2) is 6.42. The highest BCUT2D eigenvalue weighted by molar-refractivity contribution is 4.94. The van der Waals surface area contributed by atoms with Crippen LogP contribution >= 0.6 is 0 Å². The molecule has 7 heteroatoms. The van der Waals surface area contributed by atoms with Gasteiger partial charge in [0.05, 0.1) is 11.9 Å². The lowest BCUT2D eigenvalue weighted by Crippen LogP contribution is -2.14. The Hall–Kier alpha value is -1.76. The highest BCUT2D eigenvalue weighted by Gasteiger charge is 2.09. The number of rotatable bonds is 7. The molecule has 0 atom stereocenters. The maximum absolute atomic E-state index is 4.27. The third kappa shape index (κ3) is 3.60. The van der Waals surface area contributed by atoms with Crippen molar-refractivity contribution in [1.29, 1.82) is 0 Å². The van der Waals surface area contributed by atoms with E-state index in [0.717, 1.165) is 31.0 Å².